The number of methoxy groups -OCH3 is 1. The maximum absolute atomic E-state index is 12.1. The van der Waals surface area contributed by atoms with E-state index in [0.29, 0.717) is 12.4 Å². The van der Waals surface area contributed by atoms with E-state index in [1.165, 1.54) is 0 Å². The molecule has 2 N–H and O–H groups in total. The molecule has 0 spiro atoms. The number of amides is 2. The van der Waals surface area contributed by atoms with Gasteiger partial charge in [-0.05, 0) is 37.1 Å². The molecule has 0 saturated carbocycles. The molecular formula is C17H22N4O2. The number of hydrogen-bond acceptors (Lipinski definition) is 4. The van der Waals surface area contributed by atoms with Crippen molar-refractivity contribution in [3.8, 4) is 5.75 Å². The predicted molar refractivity (Wildman–Crippen MR) is 88.2 cm³/mol. The van der Waals surface area contributed by atoms with Crippen LogP contribution in [0, 0.1) is 6.92 Å². The first-order chi connectivity index (χ1) is 11.1. The van der Waals surface area contributed by atoms with Gasteiger partial charge < -0.3 is 15.4 Å². The Kier molecular flexibility index (Phi) is 5.91. The van der Waals surface area contributed by atoms with Gasteiger partial charge in [0.15, 0.2) is 0 Å². The highest BCUT2D eigenvalue weighted by atomic mass is 16.5. The van der Waals surface area contributed by atoms with Crippen molar-refractivity contribution >= 4 is 6.03 Å². The van der Waals surface area contributed by atoms with E-state index < -0.39 is 0 Å². The lowest BCUT2D eigenvalue weighted by atomic mass is 10.0. The predicted octanol–water partition coefficient (Wildman–Crippen LogP) is 2.74. The van der Waals surface area contributed by atoms with Gasteiger partial charge in [0.25, 0.3) is 0 Å². The van der Waals surface area contributed by atoms with Crippen molar-refractivity contribution in [3.05, 3.63) is 53.6 Å². The van der Waals surface area contributed by atoms with Gasteiger partial charge in [-0.2, -0.15) is 0 Å². The van der Waals surface area contributed by atoms with Crippen molar-refractivity contribution in [2.75, 3.05) is 7.11 Å². The maximum atomic E-state index is 12.1. The minimum atomic E-state index is -0.219. The van der Waals surface area contributed by atoms with Crippen LogP contribution in [0.4, 0.5) is 4.79 Å². The zero-order valence-corrected chi connectivity index (χ0v) is 13.7. The van der Waals surface area contributed by atoms with E-state index in [4.69, 9.17) is 4.74 Å². The van der Waals surface area contributed by atoms with Gasteiger partial charge in [-0.3, -0.25) is 0 Å². The van der Waals surface area contributed by atoms with E-state index >= 15 is 0 Å². The lowest BCUT2D eigenvalue weighted by molar-refractivity contribution is 0.236. The van der Waals surface area contributed by atoms with Gasteiger partial charge >= 0.3 is 6.03 Å². The maximum Gasteiger partial charge on any atom is 0.315 e. The molecule has 6 heteroatoms. The first-order valence-corrected chi connectivity index (χ1v) is 7.59. The molecule has 0 fully saturated rings. The number of ether oxygens (including phenoxy) is 1. The molecule has 0 aliphatic rings. The summed E-state index contributed by atoms with van der Waals surface area (Å²) < 4.78 is 5.15. The minimum absolute atomic E-state index is 0.0481. The van der Waals surface area contributed by atoms with E-state index in [2.05, 4.69) is 20.6 Å². The lowest BCUT2D eigenvalue weighted by Gasteiger charge is -2.18. The summed E-state index contributed by atoms with van der Waals surface area (Å²) in [5.74, 6) is 1.49. The Morgan fingerprint density at radius 3 is 2.61 bits per heavy atom. The topological polar surface area (TPSA) is 76.1 Å². The largest absolute Gasteiger partial charge is 0.497 e. The van der Waals surface area contributed by atoms with Crippen LogP contribution in [0.1, 0.15) is 36.5 Å². The third-order valence-corrected chi connectivity index (χ3v) is 3.50. The molecule has 2 amide bonds. The molecule has 1 atom stereocenters. The van der Waals surface area contributed by atoms with Gasteiger partial charge in [0.1, 0.15) is 11.6 Å². The standard InChI is InChI=1S/C17H22N4O2/c1-4-16(13-5-7-15(23-3)8-6-13)21-17(22)19-11-14-9-10-18-12(2)20-14/h5-10,16H,4,11H2,1-3H3,(H2,19,21,22). The Hall–Kier alpha value is -2.63. The molecule has 2 aromatic rings. The zero-order valence-electron chi connectivity index (χ0n) is 13.7. The summed E-state index contributed by atoms with van der Waals surface area (Å²) in [5.41, 5.74) is 1.83. The SMILES string of the molecule is CCC(NC(=O)NCc1ccnc(C)n1)c1ccc(OC)cc1. The van der Waals surface area contributed by atoms with Crippen molar-refractivity contribution in [1.29, 1.82) is 0 Å². The number of carbonyl (C=O) groups excluding carboxylic acids is 1. The molecule has 1 unspecified atom stereocenters. The average molecular weight is 314 g/mol. The van der Waals surface area contributed by atoms with E-state index in [-0.39, 0.29) is 12.1 Å². The Bertz CT molecular complexity index is 643. The zero-order chi connectivity index (χ0) is 16.7. The fraction of sp³-hybridized carbons (Fsp3) is 0.353. The van der Waals surface area contributed by atoms with E-state index in [1.54, 1.807) is 19.4 Å². The van der Waals surface area contributed by atoms with Crippen molar-refractivity contribution in [2.24, 2.45) is 0 Å². The summed E-state index contributed by atoms with van der Waals surface area (Å²) in [6, 6.07) is 9.22. The van der Waals surface area contributed by atoms with Crippen molar-refractivity contribution in [1.82, 2.24) is 20.6 Å². The first kappa shape index (κ1) is 16.7. The number of aromatic nitrogens is 2. The fourth-order valence-corrected chi connectivity index (χ4v) is 2.24. The van der Waals surface area contributed by atoms with Gasteiger partial charge in [0, 0.05) is 6.20 Å². The summed E-state index contributed by atoms with van der Waals surface area (Å²) in [4.78, 5) is 20.4. The van der Waals surface area contributed by atoms with E-state index in [1.807, 2.05) is 38.1 Å². The van der Waals surface area contributed by atoms with Crippen LogP contribution in [0.5, 0.6) is 5.75 Å². The van der Waals surface area contributed by atoms with Gasteiger partial charge in [-0.25, -0.2) is 14.8 Å². The van der Waals surface area contributed by atoms with Crippen molar-refractivity contribution in [2.45, 2.75) is 32.9 Å². The van der Waals surface area contributed by atoms with Crippen LogP contribution < -0.4 is 15.4 Å². The van der Waals surface area contributed by atoms with Gasteiger partial charge in [0.05, 0.1) is 25.4 Å². The van der Waals surface area contributed by atoms with E-state index in [0.717, 1.165) is 23.4 Å². The molecule has 2 rings (SSSR count). The van der Waals surface area contributed by atoms with Gasteiger partial charge in [-0.1, -0.05) is 19.1 Å². The summed E-state index contributed by atoms with van der Waals surface area (Å²) in [6.45, 7) is 4.22. The molecule has 6 nitrogen and oxygen atoms in total. The normalized spacial score (nSPS) is 11.6. The van der Waals surface area contributed by atoms with Crippen LogP contribution in [0.15, 0.2) is 36.5 Å². The number of nitrogens with one attached hydrogen (secondary N) is 2. The van der Waals surface area contributed by atoms with Gasteiger partial charge in [-0.15, -0.1) is 0 Å². The molecule has 1 aromatic heterocycles. The Balaban J connectivity index is 1.91. The minimum Gasteiger partial charge on any atom is -0.497 e. The second kappa shape index (κ2) is 8.12. The highest BCUT2D eigenvalue weighted by Gasteiger charge is 2.12. The summed E-state index contributed by atoms with van der Waals surface area (Å²) >= 11 is 0. The number of aryl methyl sites for hydroxylation is 1. The number of rotatable bonds is 6. The summed E-state index contributed by atoms with van der Waals surface area (Å²) in [6.07, 6.45) is 2.48. The molecule has 0 aliphatic carbocycles. The number of nitrogens with zero attached hydrogens (tertiary/aromatic N) is 2. The van der Waals surface area contributed by atoms with Crippen LogP contribution in [0.2, 0.25) is 0 Å². The van der Waals surface area contributed by atoms with Crippen LogP contribution >= 0.6 is 0 Å². The van der Waals surface area contributed by atoms with Crippen LogP contribution in [-0.2, 0) is 6.54 Å². The number of hydrogen-bond donors (Lipinski definition) is 2. The number of benzene rings is 1. The molecule has 1 aromatic carbocycles. The highest BCUT2D eigenvalue weighted by Crippen LogP contribution is 2.19. The van der Waals surface area contributed by atoms with Crippen molar-refractivity contribution < 1.29 is 9.53 Å². The smallest absolute Gasteiger partial charge is 0.315 e. The molecule has 23 heavy (non-hydrogen) atoms. The molecule has 1 heterocycles. The second-order valence-electron chi connectivity index (χ2n) is 5.16. The summed E-state index contributed by atoms with van der Waals surface area (Å²) in [7, 11) is 1.63. The lowest BCUT2D eigenvalue weighted by Crippen LogP contribution is -2.37. The third kappa shape index (κ3) is 4.95. The van der Waals surface area contributed by atoms with Crippen LogP contribution in [-0.4, -0.2) is 23.1 Å². The van der Waals surface area contributed by atoms with Crippen LogP contribution in [0.25, 0.3) is 0 Å². The van der Waals surface area contributed by atoms with Crippen LogP contribution in [0.3, 0.4) is 0 Å². The molecule has 122 valence electrons. The average Bonchev–Trinajstić information content (AvgIpc) is 2.58. The fourth-order valence-electron chi connectivity index (χ4n) is 2.24. The third-order valence-electron chi connectivity index (χ3n) is 3.50. The summed E-state index contributed by atoms with van der Waals surface area (Å²) in [5, 5.41) is 5.79. The van der Waals surface area contributed by atoms with Gasteiger partial charge in [0.2, 0.25) is 0 Å². The molecule has 0 aliphatic heterocycles. The molecule has 0 radical (unpaired) electrons. The van der Waals surface area contributed by atoms with Crippen molar-refractivity contribution in [3.63, 3.8) is 0 Å². The molecule has 0 saturated heterocycles. The highest BCUT2D eigenvalue weighted by molar-refractivity contribution is 5.74. The number of urea groups is 1. The Morgan fingerprint density at radius 1 is 1.26 bits per heavy atom. The number of carbonyl (C=O) groups is 1. The van der Waals surface area contributed by atoms with E-state index in [9.17, 15) is 4.79 Å². The second-order valence-corrected chi connectivity index (χ2v) is 5.16. The molecular weight excluding hydrogens is 292 g/mol. The Morgan fingerprint density at radius 2 is 2.00 bits per heavy atom. The molecule has 0 bridgehead atoms. The first-order valence-electron chi connectivity index (χ1n) is 7.59. The quantitative estimate of drug-likeness (QED) is 0.859. The monoisotopic (exact) mass is 314 g/mol. The Labute approximate surface area is 136 Å².